The van der Waals surface area contributed by atoms with Gasteiger partial charge >= 0.3 is 0 Å². The number of hydrogen-bond donors (Lipinski definition) is 1. The molecule has 72 valence electrons. The molecule has 1 saturated heterocycles. The molecule has 1 heterocycles. The lowest BCUT2D eigenvalue weighted by Crippen LogP contribution is -2.32. The average molecular weight is 215 g/mol. The third kappa shape index (κ3) is 1.94. The van der Waals surface area contributed by atoms with Crippen molar-refractivity contribution in [2.24, 2.45) is 0 Å². The van der Waals surface area contributed by atoms with Crippen LogP contribution in [0.1, 0.15) is 0 Å². The van der Waals surface area contributed by atoms with Gasteiger partial charge in [-0.15, -0.1) is 0 Å². The van der Waals surface area contributed by atoms with E-state index in [1.54, 1.807) is 0 Å². The minimum Gasteiger partial charge on any atom is -0.748 e. The monoisotopic (exact) mass is 215 g/mol. The first-order valence-electron chi connectivity index (χ1n) is 3.05. The Morgan fingerprint density at radius 1 is 1.33 bits per heavy atom. The molecule has 0 aromatic rings. The van der Waals surface area contributed by atoms with Gasteiger partial charge in [-0.05, 0) is 0 Å². The molecule has 1 rings (SSSR count). The van der Waals surface area contributed by atoms with Crippen LogP contribution in [0.4, 0.5) is 0 Å². The standard InChI is InChI=1S/C4H8O6S2/c5-3-1-11(6,7)2-4(3)12(8,9)10/h3-5H,1-2H2,(H,8,9,10)/p-1/t3-,4+/m0/s1. The minimum absolute atomic E-state index is 0.640. The van der Waals surface area contributed by atoms with Crippen LogP contribution in [-0.2, 0) is 20.0 Å². The van der Waals surface area contributed by atoms with Crippen molar-refractivity contribution >= 4 is 20.0 Å². The number of aliphatic hydroxyl groups is 1. The van der Waals surface area contributed by atoms with Gasteiger partial charge in [0.1, 0.15) is 10.1 Å². The van der Waals surface area contributed by atoms with Crippen LogP contribution >= 0.6 is 0 Å². The van der Waals surface area contributed by atoms with Crippen LogP contribution in [0.3, 0.4) is 0 Å². The highest BCUT2D eigenvalue weighted by molar-refractivity contribution is 7.94. The van der Waals surface area contributed by atoms with Gasteiger partial charge in [0.25, 0.3) is 0 Å². The summed E-state index contributed by atoms with van der Waals surface area (Å²) in [6, 6.07) is 0. The van der Waals surface area contributed by atoms with E-state index in [0.29, 0.717) is 0 Å². The Labute approximate surface area is 69.9 Å². The lowest BCUT2D eigenvalue weighted by Gasteiger charge is -2.16. The second-order valence-electron chi connectivity index (χ2n) is 2.68. The van der Waals surface area contributed by atoms with Crippen LogP contribution in [0, 0.1) is 0 Å². The van der Waals surface area contributed by atoms with Gasteiger partial charge in [0, 0.05) is 0 Å². The van der Waals surface area contributed by atoms with Gasteiger partial charge in [-0.1, -0.05) is 0 Å². The Morgan fingerprint density at radius 2 is 1.83 bits per heavy atom. The normalized spacial score (nSPS) is 35.2. The van der Waals surface area contributed by atoms with E-state index in [-0.39, 0.29) is 0 Å². The number of aliphatic hydroxyl groups excluding tert-OH is 1. The fourth-order valence-corrected chi connectivity index (χ4v) is 4.58. The Kier molecular flexibility index (Phi) is 2.19. The van der Waals surface area contributed by atoms with Gasteiger partial charge in [-0.25, -0.2) is 16.8 Å². The molecule has 12 heavy (non-hydrogen) atoms. The van der Waals surface area contributed by atoms with Crippen molar-refractivity contribution in [3.05, 3.63) is 0 Å². The van der Waals surface area contributed by atoms with E-state index in [9.17, 15) is 21.4 Å². The molecule has 0 aromatic heterocycles. The SMILES string of the molecule is O=S1(=O)C[C@@H](S(=O)(=O)[O-])[C@@H](O)C1. The summed E-state index contributed by atoms with van der Waals surface area (Å²) in [5, 5.41) is 7.21. The van der Waals surface area contributed by atoms with Gasteiger partial charge in [-0.2, -0.15) is 0 Å². The average Bonchev–Trinajstić information content (AvgIpc) is 2.03. The van der Waals surface area contributed by atoms with Crippen LogP contribution in [0.5, 0.6) is 0 Å². The summed E-state index contributed by atoms with van der Waals surface area (Å²) >= 11 is 0. The lowest BCUT2D eigenvalue weighted by molar-refractivity contribution is 0.200. The first kappa shape index (κ1) is 9.90. The molecule has 1 aliphatic heterocycles. The predicted molar refractivity (Wildman–Crippen MR) is 38.1 cm³/mol. The number of rotatable bonds is 1. The smallest absolute Gasteiger partial charge is 0.154 e. The second kappa shape index (κ2) is 2.66. The molecular weight excluding hydrogens is 208 g/mol. The highest BCUT2D eigenvalue weighted by Crippen LogP contribution is 2.18. The molecule has 0 amide bonds. The van der Waals surface area contributed by atoms with Gasteiger partial charge in [-0.3, -0.25) is 0 Å². The van der Waals surface area contributed by atoms with Gasteiger partial charge in [0.05, 0.1) is 22.9 Å². The van der Waals surface area contributed by atoms with E-state index in [1.165, 1.54) is 0 Å². The molecule has 1 N–H and O–H groups in total. The summed E-state index contributed by atoms with van der Waals surface area (Å²) in [6.45, 7) is 0. The number of hydrogen-bond acceptors (Lipinski definition) is 6. The molecule has 0 bridgehead atoms. The van der Waals surface area contributed by atoms with Crippen LogP contribution in [0.2, 0.25) is 0 Å². The van der Waals surface area contributed by atoms with Crippen molar-refractivity contribution in [3.63, 3.8) is 0 Å². The van der Waals surface area contributed by atoms with Gasteiger partial charge < -0.3 is 9.66 Å². The van der Waals surface area contributed by atoms with Gasteiger partial charge in [0.15, 0.2) is 9.84 Å². The first-order chi connectivity index (χ1) is 5.22. The zero-order valence-corrected chi connectivity index (χ0v) is 7.51. The highest BCUT2D eigenvalue weighted by atomic mass is 32.2. The van der Waals surface area contributed by atoms with Crippen LogP contribution in [0.15, 0.2) is 0 Å². The second-order valence-corrected chi connectivity index (χ2v) is 6.42. The minimum atomic E-state index is -4.70. The molecule has 0 spiro atoms. The third-order valence-corrected chi connectivity index (χ3v) is 4.79. The predicted octanol–water partition coefficient (Wildman–Crippen LogP) is -2.31. The fourth-order valence-electron chi connectivity index (χ4n) is 1.07. The molecule has 6 nitrogen and oxygen atoms in total. The fraction of sp³-hybridized carbons (Fsp3) is 1.00. The summed E-state index contributed by atoms with van der Waals surface area (Å²) in [7, 11) is -8.26. The summed E-state index contributed by atoms with van der Waals surface area (Å²) in [6.07, 6.45) is -1.57. The highest BCUT2D eigenvalue weighted by Gasteiger charge is 2.40. The molecule has 1 fully saturated rings. The van der Waals surface area contributed by atoms with E-state index in [1.807, 2.05) is 0 Å². The van der Waals surface area contributed by atoms with Crippen molar-refractivity contribution in [2.45, 2.75) is 11.4 Å². The van der Waals surface area contributed by atoms with Crippen LogP contribution < -0.4 is 0 Å². The van der Waals surface area contributed by atoms with E-state index in [0.717, 1.165) is 0 Å². The van der Waals surface area contributed by atoms with Crippen molar-refractivity contribution in [1.29, 1.82) is 0 Å². The topological polar surface area (TPSA) is 112 Å². The molecule has 0 radical (unpaired) electrons. The maximum Gasteiger partial charge on any atom is 0.154 e. The lowest BCUT2D eigenvalue weighted by atomic mass is 10.3. The summed E-state index contributed by atoms with van der Waals surface area (Å²) < 4.78 is 52.5. The molecule has 0 unspecified atom stereocenters. The molecule has 0 saturated carbocycles. The summed E-state index contributed by atoms with van der Waals surface area (Å²) in [5.74, 6) is -1.40. The summed E-state index contributed by atoms with van der Waals surface area (Å²) in [5.41, 5.74) is 0. The van der Waals surface area contributed by atoms with Crippen molar-refractivity contribution in [3.8, 4) is 0 Å². The number of sulfone groups is 1. The van der Waals surface area contributed by atoms with Crippen molar-refractivity contribution in [2.75, 3.05) is 11.5 Å². The van der Waals surface area contributed by atoms with E-state index < -0.39 is 42.8 Å². The van der Waals surface area contributed by atoms with Crippen molar-refractivity contribution in [1.82, 2.24) is 0 Å². The van der Waals surface area contributed by atoms with E-state index in [4.69, 9.17) is 5.11 Å². The summed E-state index contributed by atoms with van der Waals surface area (Å²) in [4.78, 5) is 0. The maximum absolute atomic E-state index is 10.7. The molecular formula is C4H7O6S2-. The van der Waals surface area contributed by atoms with Crippen molar-refractivity contribution < 1.29 is 26.5 Å². The Balaban J connectivity index is 3.01. The molecule has 8 heteroatoms. The Bertz CT molecular complexity index is 364. The largest absolute Gasteiger partial charge is 0.748 e. The van der Waals surface area contributed by atoms with E-state index >= 15 is 0 Å². The Hall–Kier alpha value is -0.180. The Morgan fingerprint density at radius 3 is 2.00 bits per heavy atom. The van der Waals surface area contributed by atoms with Crippen LogP contribution in [-0.4, -0.2) is 49.4 Å². The molecule has 1 aliphatic rings. The van der Waals surface area contributed by atoms with Gasteiger partial charge in [0.2, 0.25) is 0 Å². The molecule has 0 aliphatic carbocycles. The zero-order chi connectivity index (χ0) is 9.57. The zero-order valence-electron chi connectivity index (χ0n) is 5.87. The molecule has 2 atom stereocenters. The van der Waals surface area contributed by atoms with E-state index in [2.05, 4.69) is 0 Å². The first-order valence-corrected chi connectivity index (χ1v) is 6.35. The van der Waals surface area contributed by atoms with Crippen LogP contribution in [0.25, 0.3) is 0 Å². The molecule has 0 aromatic carbocycles. The third-order valence-electron chi connectivity index (χ3n) is 1.64. The maximum atomic E-state index is 10.7. The quantitative estimate of drug-likeness (QED) is 0.492.